The molecule has 0 atom stereocenters. The fraction of sp³-hybridized carbons (Fsp3) is 0.389. The maximum atomic E-state index is 12.8. The predicted molar refractivity (Wildman–Crippen MR) is 104 cm³/mol. The van der Waals surface area contributed by atoms with E-state index >= 15 is 0 Å². The standard InChI is InChI=1S/C18H19F3N4OS2/c1-4-24-16(15-6-5-7-27-15)22-23-17(24)28-9-14(26)13-8-11(2)25(12(13)3)10-18(19,20)21/h5-8H,4,9-10H2,1-3H3. The number of thioether (sulfide) groups is 1. The molecular weight excluding hydrogens is 409 g/mol. The summed E-state index contributed by atoms with van der Waals surface area (Å²) in [6, 6.07) is 5.41. The summed E-state index contributed by atoms with van der Waals surface area (Å²) in [5.41, 5.74) is 1.06. The van der Waals surface area contributed by atoms with Gasteiger partial charge in [-0.1, -0.05) is 17.8 Å². The second-order valence-corrected chi connectivity index (χ2v) is 8.12. The second kappa shape index (κ2) is 8.12. The third kappa shape index (κ3) is 4.33. The zero-order valence-electron chi connectivity index (χ0n) is 15.6. The van der Waals surface area contributed by atoms with Gasteiger partial charge >= 0.3 is 6.18 Å². The van der Waals surface area contributed by atoms with Gasteiger partial charge in [0.05, 0.1) is 10.6 Å². The normalized spacial score (nSPS) is 11.9. The Morgan fingerprint density at radius 1 is 1.25 bits per heavy atom. The smallest absolute Gasteiger partial charge is 0.339 e. The van der Waals surface area contributed by atoms with Crippen LogP contribution in [0.3, 0.4) is 0 Å². The summed E-state index contributed by atoms with van der Waals surface area (Å²) in [6.07, 6.45) is -4.33. The van der Waals surface area contributed by atoms with Gasteiger partial charge in [-0.25, -0.2) is 0 Å². The van der Waals surface area contributed by atoms with Crippen LogP contribution in [0.4, 0.5) is 13.2 Å². The SMILES string of the molecule is CCn1c(SCC(=O)c2cc(C)n(CC(F)(F)F)c2C)nnc1-c1cccs1. The molecule has 0 saturated carbocycles. The van der Waals surface area contributed by atoms with E-state index in [9.17, 15) is 18.0 Å². The van der Waals surface area contributed by atoms with Crippen LogP contribution in [0.2, 0.25) is 0 Å². The molecule has 0 spiro atoms. The number of carbonyl (C=O) groups excluding carboxylic acids is 1. The molecule has 28 heavy (non-hydrogen) atoms. The number of hydrogen-bond acceptors (Lipinski definition) is 5. The van der Waals surface area contributed by atoms with Crippen molar-refractivity contribution in [2.24, 2.45) is 0 Å². The van der Waals surface area contributed by atoms with E-state index in [1.807, 2.05) is 29.0 Å². The summed E-state index contributed by atoms with van der Waals surface area (Å²) in [4.78, 5) is 13.6. The average molecular weight is 429 g/mol. The highest BCUT2D eigenvalue weighted by Crippen LogP contribution is 2.28. The van der Waals surface area contributed by atoms with Crippen LogP contribution in [0.25, 0.3) is 10.7 Å². The molecule has 0 unspecified atom stereocenters. The van der Waals surface area contributed by atoms with Gasteiger partial charge in [-0.2, -0.15) is 13.2 Å². The van der Waals surface area contributed by atoms with E-state index in [1.54, 1.807) is 25.2 Å². The fourth-order valence-electron chi connectivity index (χ4n) is 2.98. The number of nitrogens with zero attached hydrogens (tertiary/aromatic N) is 4. The molecule has 3 aromatic heterocycles. The Bertz CT molecular complexity index is 974. The molecule has 10 heteroatoms. The largest absolute Gasteiger partial charge is 0.406 e. The van der Waals surface area contributed by atoms with Crippen LogP contribution in [0, 0.1) is 13.8 Å². The van der Waals surface area contributed by atoms with Gasteiger partial charge in [-0.15, -0.1) is 21.5 Å². The van der Waals surface area contributed by atoms with E-state index in [4.69, 9.17) is 0 Å². The lowest BCUT2D eigenvalue weighted by molar-refractivity contribution is -0.141. The van der Waals surface area contributed by atoms with E-state index in [-0.39, 0.29) is 11.5 Å². The lowest BCUT2D eigenvalue weighted by Crippen LogP contribution is -2.19. The summed E-state index contributed by atoms with van der Waals surface area (Å²) in [5.74, 6) is 0.601. The monoisotopic (exact) mass is 428 g/mol. The molecule has 3 aromatic rings. The maximum Gasteiger partial charge on any atom is 0.406 e. The van der Waals surface area contributed by atoms with E-state index in [1.165, 1.54) is 17.8 Å². The van der Waals surface area contributed by atoms with E-state index < -0.39 is 12.7 Å². The van der Waals surface area contributed by atoms with Gasteiger partial charge in [0.2, 0.25) is 0 Å². The molecule has 5 nitrogen and oxygen atoms in total. The number of thiophene rings is 1. The number of alkyl halides is 3. The van der Waals surface area contributed by atoms with Gasteiger partial charge in [-0.3, -0.25) is 4.79 Å². The summed E-state index contributed by atoms with van der Waals surface area (Å²) < 4.78 is 41.3. The van der Waals surface area contributed by atoms with Crippen LogP contribution in [0.5, 0.6) is 0 Å². The molecule has 0 aromatic carbocycles. The van der Waals surface area contributed by atoms with Gasteiger partial charge < -0.3 is 9.13 Å². The van der Waals surface area contributed by atoms with Crippen molar-refractivity contribution in [3.05, 3.63) is 40.5 Å². The Kier molecular flexibility index (Phi) is 5.99. The number of halogens is 3. The number of aryl methyl sites for hydroxylation is 1. The average Bonchev–Trinajstić information content (AvgIpc) is 3.33. The number of carbonyl (C=O) groups is 1. The molecule has 0 saturated heterocycles. The molecule has 0 aliphatic rings. The molecule has 0 fully saturated rings. The van der Waals surface area contributed by atoms with E-state index in [2.05, 4.69) is 10.2 Å². The van der Waals surface area contributed by atoms with Gasteiger partial charge in [0, 0.05) is 23.5 Å². The van der Waals surface area contributed by atoms with Gasteiger partial charge in [0.25, 0.3) is 0 Å². The zero-order valence-corrected chi connectivity index (χ0v) is 17.2. The number of rotatable bonds is 7. The topological polar surface area (TPSA) is 52.7 Å². The molecular formula is C18H19F3N4OS2. The van der Waals surface area contributed by atoms with Crippen molar-refractivity contribution in [1.82, 2.24) is 19.3 Å². The van der Waals surface area contributed by atoms with Gasteiger partial charge in [0.1, 0.15) is 6.54 Å². The Hall–Kier alpha value is -2.07. The molecule has 0 bridgehead atoms. The third-order valence-electron chi connectivity index (χ3n) is 4.32. The lowest BCUT2D eigenvalue weighted by Gasteiger charge is -2.12. The first-order valence-electron chi connectivity index (χ1n) is 8.57. The molecule has 0 aliphatic heterocycles. The lowest BCUT2D eigenvalue weighted by atomic mass is 10.2. The molecule has 0 radical (unpaired) electrons. The Balaban J connectivity index is 1.76. The van der Waals surface area contributed by atoms with Crippen molar-refractivity contribution in [1.29, 1.82) is 0 Å². The third-order valence-corrected chi connectivity index (χ3v) is 6.15. The minimum absolute atomic E-state index is 0.0822. The van der Waals surface area contributed by atoms with Crippen LogP contribution in [0.15, 0.2) is 28.7 Å². The Labute approximate surface area is 168 Å². The number of hydrogen-bond donors (Lipinski definition) is 0. The molecule has 3 rings (SSSR count). The van der Waals surface area contributed by atoms with Crippen LogP contribution >= 0.6 is 23.1 Å². The molecule has 3 heterocycles. The van der Waals surface area contributed by atoms with E-state index in [0.29, 0.717) is 28.7 Å². The van der Waals surface area contributed by atoms with E-state index in [0.717, 1.165) is 15.3 Å². The number of aromatic nitrogens is 4. The summed E-state index contributed by atoms with van der Waals surface area (Å²) in [5, 5.41) is 11.0. The Morgan fingerprint density at radius 3 is 2.61 bits per heavy atom. The van der Waals surface area contributed by atoms with Crippen molar-refractivity contribution < 1.29 is 18.0 Å². The minimum Gasteiger partial charge on any atom is -0.339 e. The zero-order chi connectivity index (χ0) is 20.5. The van der Waals surface area contributed by atoms with Crippen molar-refractivity contribution in [3.8, 4) is 10.7 Å². The van der Waals surface area contributed by atoms with Gasteiger partial charge in [-0.05, 0) is 38.3 Å². The molecule has 0 N–H and O–H groups in total. The highest BCUT2D eigenvalue weighted by Gasteiger charge is 2.30. The summed E-state index contributed by atoms with van der Waals surface area (Å²) in [6.45, 7) is 4.64. The minimum atomic E-state index is -4.33. The van der Waals surface area contributed by atoms with Crippen molar-refractivity contribution >= 4 is 28.9 Å². The van der Waals surface area contributed by atoms with Crippen LogP contribution in [-0.4, -0.2) is 37.0 Å². The van der Waals surface area contributed by atoms with Crippen LogP contribution < -0.4 is 0 Å². The van der Waals surface area contributed by atoms with Crippen molar-refractivity contribution in [2.45, 2.75) is 45.2 Å². The predicted octanol–water partition coefficient (Wildman–Crippen LogP) is 4.98. The van der Waals surface area contributed by atoms with Gasteiger partial charge in [0.15, 0.2) is 16.8 Å². The maximum absolute atomic E-state index is 12.8. The molecule has 0 aliphatic carbocycles. The summed E-state index contributed by atoms with van der Waals surface area (Å²) in [7, 11) is 0. The van der Waals surface area contributed by atoms with Crippen LogP contribution in [0.1, 0.15) is 28.7 Å². The Morgan fingerprint density at radius 2 is 2.00 bits per heavy atom. The first-order chi connectivity index (χ1) is 13.2. The van der Waals surface area contributed by atoms with Crippen molar-refractivity contribution in [3.63, 3.8) is 0 Å². The number of ketones is 1. The highest BCUT2D eigenvalue weighted by molar-refractivity contribution is 7.99. The first-order valence-corrected chi connectivity index (χ1v) is 10.4. The molecule has 0 amide bonds. The van der Waals surface area contributed by atoms with Crippen LogP contribution in [-0.2, 0) is 13.1 Å². The second-order valence-electron chi connectivity index (χ2n) is 6.23. The van der Waals surface area contributed by atoms with Crippen molar-refractivity contribution in [2.75, 3.05) is 5.75 Å². The first kappa shape index (κ1) is 20.7. The highest BCUT2D eigenvalue weighted by atomic mass is 32.2. The molecule has 150 valence electrons. The fourth-order valence-corrected chi connectivity index (χ4v) is 4.59. The number of Topliss-reactive ketones (excluding diaryl/α,β-unsaturated/α-hetero) is 1. The quantitative estimate of drug-likeness (QED) is 0.393. The summed E-state index contributed by atoms with van der Waals surface area (Å²) >= 11 is 2.80.